The highest BCUT2D eigenvalue weighted by atomic mass is 79.9. The molecule has 0 aromatic heterocycles. The van der Waals surface area contributed by atoms with Crippen LogP contribution in [0.3, 0.4) is 0 Å². The van der Waals surface area contributed by atoms with Gasteiger partial charge >= 0.3 is 0 Å². The smallest absolute Gasteiger partial charge is 0.165 e. The van der Waals surface area contributed by atoms with Crippen LogP contribution in [0, 0.1) is 6.92 Å². The van der Waals surface area contributed by atoms with Crippen LogP contribution >= 0.6 is 15.9 Å². The van der Waals surface area contributed by atoms with Crippen molar-refractivity contribution >= 4 is 21.7 Å². The molecule has 3 nitrogen and oxygen atoms in total. The second-order valence-electron chi connectivity index (χ2n) is 3.05. The predicted molar refractivity (Wildman–Crippen MR) is 58.5 cm³/mol. The number of phenolic OH excluding ortho intramolecular Hbond substituents is 1. The first-order chi connectivity index (χ1) is 6.57. The molecule has 1 aromatic carbocycles. The lowest BCUT2D eigenvalue weighted by Gasteiger charge is -2.06. The van der Waals surface area contributed by atoms with Crippen LogP contribution in [-0.4, -0.2) is 17.4 Å². The van der Waals surface area contributed by atoms with Gasteiger partial charge in [-0.3, -0.25) is 4.79 Å². The highest BCUT2D eigenvalue weighted by molar-refractivity contribution is 9.10. The number of hydrogen-bond acceptors (Lipinski definition) is 3. The zero-order chi connectivity index (χ0) is 10.7. The molecule has 1 aromatic rings. The largest absolute Gasteiger partial charge is 0.506 e. The topological polar surface area (TPSA) is 63.3 Å². The summed E-state index contributed by atoms with van der Waals surface area (Å²) in [6.07, 6.45) is 0.293. The Balaban J connectivity index is 3.11. The fourth-order valence-corrected chi connectivity index (χ4v) is 1.81. The molecule has 76 valence electrons. The summed E-state index contributed by atoms with van der Waals surface area (Å²) >= 11 is 3.19. The van der Waals surface area contributed by atoms with E-state index in [9.17, 15) is 9.90 Å². The van der Waals surface area contributed by atoms with E-state index in [0.717, 1.165) is 5.56 Å². The van der Waals surface area contributed by atoms with E-state index in [0.29, 0.717) is 23.0 Å². The van der Waals surface area contributed by atoms with Crippen LogP contribution in [0.4, 0.5) is 0 Å². The third kappa shape index (κ3) is 2.13. The second kappa shape index (κ2) is 4.57. The molecule has 0 unspecified atom stereocenters. The van der Waals surface area contributed by atoms with E-state index in [2.05, 4.69) is 15.9 Å². The highest BCUT2D eigenvalue weighted by Crippen LogP contribution is 2.31. The second-order valence-corrected chi connectivity index (χ2v) is 3.85. The fraction of sp³-hybridized carbons (Fsp3) is 0.300. The third-order valence-electron chi connectivity index (χ3n) is 1.99. The Morgan fingerprint density at radius 1 is 1.57 bits per heavy atom. The van der Waals surface area contributed by atoms with Crippen LogP contribution in [0.5, 0.6) is 5.75 Å². The molecule has 0 saturated carbocycles. The van der Waals surface area contributed by atoms with Crippen molar-refractivity contribution in [2.75, 3.05) is 6.54 Å². The zero-order valence-electron chi connectivity index (χ0n) is 7.88. The molecule has 0 amide bonds. The maximum absolute atomic E-state index is 11.5. The van der Waals surface area contributed by atoms with Crippen LogP contribution in [0.15, 0.2) is 16.6 Å². The number of halogens is 1. The average Bonchev–Trinajstić information content (AvgIpc) is 2.15. The van der Waals surface area contributed by atoms with Gasteiger partial charge in [0.15, 0.2) is 5.78 Å². The Labute approximate surface area is 91.1 Å². The maximum atomic E-state index is 11.5. The lowest BCUT2D eigenvalue weighted by Crippen LogP contribution is -2.08. The predicted octanol–water partition coefficient (Wildman–Crippen LogP) is 1.99. The summed E-state index contributed by atoms with van der Waals surface area (Å²) < 4.78 is 0.455. The van der Waals surface area contributed by atoms with Crippen LogP contribution in [0.25, 0.3) is 0 Å². The first-order valence-corrected chi connectivity index (χ1v) is 5.08. The van der Waals surface area contributed by atoms with Crippen molar-refractivity contribution in [3.8, 4) is 5.75 Å². The van der Waals surface area contributed by atoms with Crippen LogP contribution in [0.1, 0.15) is 22.3 Å². The molecule has 0 atom stereocenters. The first-order valence-electron chi connectivity index (χ1n) is 4.29. The van der Waals surface area contributed by atoms with Gasteiger partial charge in [-0.2, -0.15) is 0 Å². The summed E-state index contributed by atoms with van der Waals surface area (Å²) in [5.41, 5.74) is 6.51. The molecule has 0 saturated heterocycles. The minimum Gasteiger partial charge on any atom is -0.506 e. The minimum absolute atomic E-state index is 0.0605. The summed E-state index contributed by atoms with van der Waals surface area (Å²) in [5.74, 6) is 0.0579. The molecular formula is C10H12BrNO2. The molecule has 0 fully saturated rings. The number of carbonyl (C=O) groups excluding carboxylic acids is 1. The SMILES string of the molecule is Cc1ccc(C(=O)CCN)c(Br)c1O. The number of ketones is 1. The molecule has 14 heavy (non-hydrogen) atoms. The Hall–Kier alpha value is -0.870. The number of Topliss-reactive ketones (excluding diaryl/α,β-unsaturated/α-hetero) is 1. The molecule has 0 heterocycles. The standard InChI is InChI=1S/C10H12BrNO2/c1-6-2-3-7(8(13)4-5-12)9(11)10(6)14/h2-3,14H,4-5,12H2,1H3. The molecule has 4 heteroatoms. The molecular weight excluding hydrogens is 246 g/mol. The minimum atomic E-state index is -0.0605. The lowest BCUT2D eigenvalue weighted by atomic mass is 10.1. The maximum Gasteiger partial charge on any atom is 0.165 e. The zero-order valence-corrected chi connectivity index (χ0v) is 9.47. The molecule has 0 aliphatic rings. The fourth-order valence-electron chi connectivity index (χ4n) is 1.14. The van der Waals surface area contributed by atoms with Gasteiger partial charge in [0.05, 0.1) is 4.47 Å². The number of aromatic hydroxyl groups is 1. The summed E-state index contributed by atoms with van der Waals surface area (Å²) in [6, 6.07) is 3.40. The van der Waals surface area contributed by atoms with Crippen LogP contribution in [-0.2, 0) is 0 Å². The van der Waals surface area contributed by atoms with Gasteiger partial charge in [0, 0.05) is 12.0 Å². The van der Waals surface area contributed by atoms with Crippen molar-refractivity contribution in [2.45, 2.75) is 13.3 Å². The van der Waals surface area contributed by atoms with E-state index in [1.807, 2.05) is 0 Å². The number of benzene rings is 1. The van der Waals surface area contributed by atoms with Gasteiger partial charge in [-0.1, -0.05) is 6.07 Å². The van der Waals surface area contributed by atoms with Crippen molar-refractivity contribution in [2.24, 2.45) is 5.73 Å². The molecule has 0 spiro atoms. The molecule has 1 rings (SSSR count). The number of rotatable bonds is 3. The monoisotopic (exact) mass is 257 g/mol. The molecule has 0 aliphatic carbocycles. The third-order valence-corrected chi connectivity index (χ3v) is 2.79. The van der Waals surface area contributed by atoms with Gasteiger partial charge in [-0.15, -0.1) is 0 Å². The van der Waals surface area contributed by atoms with Gasteiger partial charge in [-0.05, 0) is 41.0 Å². The number of hydrogen-bond donors (Lipinski definition) is 2. The van der Waals surface area contributed by atoms with Crippen molar-refractivity contribution < 1.29 is 9.90 Å². The number of aryl methyl sites for hydroxylation is 1. The van der Waals surface area contributed by atoms with Crippen molar-refractivity contribution in [1.29, 1.82) is 0 Å². The Morgan fingerprint density at radius 3 is 2.79 bits per heavy atom. The van der Waals surface area contributed by atoms with Crippen molar-refractivity contribution in [1.82, 2.24) is 0 Å². The Kier molecular flexibility index (Phi) is 3.66. The van der Waals surface area contributed by atoms with E-state index >= 15 is 0 Å². The Bertz CT molecular complexity index is 363. The van der Waals surface area contributed by atoms with Crippen LogP contribution < -0.4 is 5.73 Å². The first kappa shape index (κ1) is 11.2. The van der Waals surface area contributed by atoms with Gasteiger partial charge in [0.1, 0.15) is 5.75 Å². The van der Waals surface area contributed by atoms with E-state index in [1.165, 1.54) is 0 Å². The molecule has 0 aliphatic heterocycles. The average molecular weight is 258 g/mol. The number of nitrogens with two attached hydrogens (primary N) is 1. The summed E-state index contributed by atoms with van der Waals surface area (Å²) in [4.78, 5) is 11.5. The van der Waals surface area contributed by atoms with E-state index in [-0.39, 0.29) is 11.5 Å². The van der Waals surface area contributed by atoms with Gasteiger partial charge in [0.25, 0.3) is 0 Å². The normalized spacial score (nSPS) is 10.2. The molecule has 0 radical (unpaired) electrons. The Morgan fingerprint density at radius 2 is 2.21 bits per heavy atom. The van der Waals surface area contributed by atoms with E-state index in [4.69, 9.17) is 5.73 Å². The quantitative estimate of drug-likeness (QED) is 0.815. The van der Waals surface area contributed by atoms with E-state index < -0.39 is 0 Å². The van der Waals surface area contributed by atoms with Crippen molar-refractivity contribution in [3.63, 3.8) is 0 Å². The van der Waals surface area contributed by atoms with E-state index in [1.54, 1.807) is 19.1 Å². The molecule has 0 bridgehead atoms. The summed E-state index contributed by atoms with van der Waals surface area (Å²) in [5, 5.41) is 9.57. The van der Waals surface area contributed by atoms with Gasteiger partial charge in [-0.25, -0.2) is 0 Å². The molecule has 3 N–H and O–H groups in total. The van der Waals surface area contributed by atoms with Gasteiger partial charge < -0.3 is 10.8 Å². The van der Waals surface area contributed by atoms with Gasteiger partial charge in [0.2, 0.25) is 0 Å². The highest BCUT2D eigenvalue weighted by Gasteiger charge is 2.13. The number of carbonyl (C=O) groups is 1. The van der Waals surface area contributed by atoms with Crippen molar-refractivity contribution in [3.05, 3.63) is 27.7 Å². The van der Waals surface area contributed by atoms with Crippen LogP contribution in [0.2, 0.25) is 0 Å². The summed E-state index contributed by atoms with van der Waals surface area (Å²) in [6.45, 7) is 2.09. The lowest BCUT2D eigenvalue weighted by molar-refractivity contribution is 0.0984. The summed E-state index contributed by atoms with van der Waals surface area (Å²) in [7, 11) is 0. The number of phenols is 1.